The van der Waals surface area contributed by atoms with Crippen molar-refractivity contribution < 1.29 is 22.8 Å². The summed E-state index contributed by atoms with van der Waals surface area (Å²) in [6.45, 7) is 0. The highest BCUT2D eigenvalue weighted by Crippen LogP contribution is 2.31. The van der Waals surface area contributed by atoms with Gasteiger partial charge in [0.05, 0.1) is 11.8 Å². The van der Waals surface area contributed by atoms with Crippen LogP contribution in [0.5, 0.6) is 0 Å². The molecule has 0 spiro atoms. The number of hydrogen-bond donors (Lipinski definition) is 1. The predicted octanol–water partition coefficient (Wildman–Crippen LogP) is 2.65. The number of nitrogens with zero attached hydrogens (tertiary/aromatic N) is 1. The maximum absolute atomic E-state index is 12.7. The van der Waals surface area contributed by atoms with E-state index >= 15 is 0 Å². The first-order valence-electron chi connectivity index (χ1n) is 3.49. The van der Waals surface area contributed by atoms with Crippen LogP contribution in [0.2, 0.25) is 0 Å². The van der Waals surface area contributed by atoms with Crippen molar-refractivity contribution in [2.24, 2.45) is 5.16 Å². The van der Waals surface area contributed by atoms with Crippen molar-refractivity contribution >= 4 is 6.21 Å². The Labute approximate surface area is 76.5 Å². The Balaban J connectivity index is 3.22. The summed E-state index contributed by atoms with van der Waals surface area (Å²) in [7, 11) is 0. The molecule has 0 heterocycles. The third-order valence-electron chi connectivity index (χ3n) is 1.50. The lowest BCUT2D eigenvalue weighted by Gasteiger charge is -2.07. The standard InChI is InChI=1S/C8H5F4NO/c9-7-2-1-5(4-13-14)3-6(7)8(10,11)12/h1-4,14H/b13-4+. The molecule has 6 heteroatoms. The molecule has 1 N–H and O–H groups in total. The Hall–Kier alpha value is -1.59. The van der Waals surface area contributed by atoms with Gasteiger partial charge < -0.3 is 5.21 Å². The number of hydrogen-bond acceptors (Lipinski definition) is 2. The fourth-order valence-corrected chi connectivity index (χ4v) is 0.907. The highest BCUT2D eigenvalue weighted by Gasteiger charge is 2.33. The molecule has 0 fully saturated rings. The maximum atomic E-state index is 12.7. The molecule has 0 aromatic heterocycles. The molecular weight excluding hydrogens is 202 g/mol. The van der Waals surface area contributed by atoms with Crippen LogP contribution in [-0.4, -0.2) is 11.4 Å². The second-order valence-electron chi connectivity index (χ2n) is 2.48. The second kappa shape index (κ2) is 3.65. The number of benzene rings is 1. The molecule has 76 valence electrons. The summed E-state index contributed by atoms with van der Waals surface area (Å²) >= 11 is 0. The zero-order chi connectivity index (χ0) is 10.8. The summed E-state index contributed by atoms with van der Waals surface area (Å²) in [6.07, 6.45) is -3.96. The molecule has 14 heavy (non-hydrogen) atoms. The van der Waals surface area contributed by atoms with Gasteiger partial charge in [-0.3, -0.25) is 0 Å². The number of rotatable bonds is 1. The van der Waals surface area contributed by atoms with E-state index in [2.05, 4.69) is 5.16 Å². The Morgan fingerprint density at radius 1 is 1.29 bits per heavy atom. The summed E-state index contributed by atoms with van der Waals surface area (Å²) in [5.74, 6) is -1.35. The fourth-order valence-electron chi connectivity index (χ4n) is 0.907. The topological polar surface area (TPSA) is 32.6 Å². The van der Waals surface area contributed by atoms with Gasteiger partial charge in [-0.15, -0.1) is 0 Å². The summed E-state index contributed by atoms with van der Waals surface area (Å²) in [5.41, 5.74) is -1.41. The van der Waals surface area contributed by atoms with Crippen LogP contribution in [0.4, 0.5) is 17.6 Å². The van der Waals surface area contributed by atoms with Gasteiger partial charge in [-0.2, -0.15) is 13.2 Å². The molecule has 1 rings (SSSR count). The van der Waals surface area contributed by atoms with Gasteiger partial charge in [0.25, 0.3) is 0 Å². The third kappa shape index (κ3) is 2.21. The van der Waals surface area contributed by atoms with E-state index < -0.39 is 17.6 Å². The molecule has 1 aromatic carbocycles. The Bertz CT molecular complexity index is 359. The first-order chi connectivity index (χ1) is 6.45. The van der Waals surface area contributed by atoms with Crippen LogP contribution < -0.4 is 0 Å². The predicted molar refractivity (Wildman–Crippen MR) is 40.8 cm³/mol. The van der Waals surface area contributed by atoms with Gasteiger partial charge >= 0.3 is 6.18 Å². The van der Waals surface area contributed by atoms with Crippen LogP contribution in [0.25, 0.3) is 0 Å². The van der Waals surface area contributed by atoms with Crippen molar-refractivity contribution in [1.29, 1.82) is 0 Å². The minimum atomic E-state index is -4.75. The molecule has 0 aliphatic heterocycles. The van der Waals surface area contributed by atoms with E-state index in [-0.39, 0.29) is 5.56 Å². The van der Waals surface area contributed by atoms with Crippen LogP contribution in [0.3, 0.4) is 0 Å². The second-order valence-corrected chi connectivity index (χ2v) is 2.48. The van der Waals surface area contributed by atoms with E-state index in [1.807, 2.05) is 0 Å². The lowest BCUT2D eigenvalue weighted by molar-refractivity contribution is -0.140. The molecule has 1 aromatic rings. The van der Waals surface area contributed by atoms with E-state index in [0.29, 0.717) is 12.1 Å². The van der Waals surface area contributed by atoms with Crippen molar-refractivity contribution in [2.75, 3.05) is 0 Å². The molecule has 0 bridgehead atoms. The molecular formula is C8H5F4NO. The minimum absolute atomic E-state index is 0.0266. The molecule has 0 radical (unpaired) electrons. The van der Waals surface area contributed by atoms with Gasteiger partial charge in [0, 0.05) is 0 Å². The van der Waals surface area contributed by atoms with Crippen LogP contribution in [-0.2, 0) is 6.18 Å². The van der Waals surface area contributed by atoms with Gasteiger partial charge in [-0.05, 0) is 17.7 Å². The van der Waals surface area contributed by atoms with Crippen molar-refractivity contribution in [3.63, 3.8) is 0 Å². The van der Waals surface area contributed by atoms with Crippen molar-refractivity contribution in [1.82, 2.24) is 0 Å². The van der Waals surface area contributed by atoms with Gasteiger partial charge in [0.15, 0.2) is 0 Å². The lowest BCUT2D eigenvalue weighted by Crippen LogP contribution is -2.08. The van der Waals surface area contributed by atoms with E-state index in [4.69, 9.17) is 5.21 Å². The maximum Gasteiger partial charge on any atom is 0.419 e. The zero-order valence-electron chi connectivity index (χ0n) is 6.72. The smallest absolute Gasteiger partial charge is 0.411 e. The van der Waals surface area contributed by atoms with Crippen LogP contribution in [0.15, 0.2) is 23.4 Å². The van der Waals surface area contributed by atoms with Gasteiger partial charge in [-0.1, -0.05) is 11.2 Å². The molecule has 0 unspecified atom stereocenters. The molecule has 0 saturated heterocycles. The monoisotopic (exact) mass is 207 g/mol. The quantitative estimate of drug-likeness (QED) is 0.326. The van der Waals surface area contributed by atoms with Crippen molar-refractivity contribution in [2.45, 2.75) is 6.18 Å². The zero-order valence-corrected chi connectivity index (χ0v) is 6.72. The minimum Gasteiger partial charge on any atom is -0.411 e. The molecule has 0 amide bonds. The number of oxime groups is 1. The SMILES string of the molecule is O/N=C/c1ccc(F)c(C(F)(F)F)c1. The molecule has 0 atom stereocenters. The number of alkyl halides is 3. The summed E-state index contributed by atoms with van der Waals surface area (Å²) in [4.78, 5) is 0. The van der Waals surface area contributed by atoms with Crippen molar-refractivity contribution in [3.8, 4) is 0 Å². The van der Waals surface area contributed by atoms with Gasteiger partial charge in [0.1, 0.15) is 5.82 Å². The number of halogens is 4. The Morgan fingerprint density at radius 2 is 1.93 bits per heavy atom. The highest BCUT2D eigenvalue weighted by molar-refractivity contribution is 5.79. The van der Waals surface area contributed by atoms with Crippen LogP contribution in [0.1, 0.15) is 11.1 Å². The fraction of sp³-hybridized carbons (Fsp3) is 0.125. The average molecular weight is 207 g/mol. The van der Waals surface area contributed by atoms with E-state index in [0.717, 1.165) is 12.3 Å². The summed E-state index contributed by atoms with van der Waals surface area (Å²) in [6, 6.07) is 2.30. The van der Waals surface area contributed by atoms with Gasteiger partial charge in [0.2, 0.25) is 0 Å². The highest BCUT2D eigenvalue weighted by atomic mass is 19.4. The Kier molecular flexibility index (Phi) is 2.73. The van der Waals surface area contributed by atoms with E-state index in [9.17, 15) is 17.6 Å². The molecule has 2 nitrogen and oxygen atoms in total. The third-order valence-corrected chi connectivity index (χ3v) is 1.50. The lowest BCUT2D eigenvalue weighted by atomic mass is 10.1. The largest absolute Gasteiger partial charge is 0.419 e. The first-order valence-corrected chi connectivity index (χ1v) is 3.49. The van der Waals surface area contributed by atoms with E-state index in [1.165, 1.54) is 0 Å². The average Bonchev–Trinajstić information content (AvgIpc) is 2.07. The molecule has 0 aliphatic rings. The van der Waals surface area contributed by atoms with Gasteiger partial charge in [-0.25, -0.2) is 4.39 Å². The van der Waals surface area contributed by atoms with E-state index in [1.54, 1.807) is 0 Å². The normalized spacial score (nSPS) is 12.3. The summed E-state index contributed by atoms with van der Waals surface area (Å²) in [5, 5.41) is 10.6. The van der Waals surface area contributed by atoms with Crippen molar-refractivity contribution in [3.05, 3.63) is 35.1 Å². The molecule has 0 saturated carbocycles. The Morgan fingerprint density at radius 3 is 2.43 bits per heavy atom. The first kappa shape index (κ1) is 10.5. The van der Waals surface area contributed by atoms with Crippen LogP contribution >= 0.6 is 0 Å². The molecule has 0 aliphatic carbocycles. The summed E-state index contributed by atoms with van der Waals surface area (Å²) < 4.78 is 49.0. The van der Waals surface area contributed by atoms with Crippen LogP contribution in [0, 0.1) is 5.82 Å².